The van der Waals surface area contributed by atoms with E-state index in [0.29, 0.717) is 22.5 Å². The number of hydrogen-bond acceptors (Lipinski definition) is 3. The second kappa shape index (κ2) is 4.80. The summed E-state index contributed by atoms with van der Waals surface area (Å²) in [4.78, 5) is 14.2. The van der Waals surface area contributed by atoms with Gasteiger partial charge in [-0.15, -0.1) is 0 Å². The van der Waals surface area contributed by atoms with E-state index in [1.165, 1.54) is 6.07 Å². The van der Waals surface area contributed by atoms with Gasteiger partial charge in [0.1, 0.15) is 5.75 Å². The highest BCUT2D eigenvalue weighted by atomic mass is 79.9. The van der Waals surface area contributed by atoms with Crippen LogP contribution in [0.15, 0.2) is 22.7 Å². The molecule has 2 N–H and O–H groups in total. The fourth-order valence-corrected chi connectivity index (χ4v) is 3.48. The third kappa shape index (κ3) is 2.25. The molecule has 2 aliphatic rings. The van der Waals surface area contributed by atoms with Crippen molar-refractivity contribution in [2.24, 2.45) is 11.8 Å². The van der Waals surface area contributed by atoms with Gasteiger partial charge in [-0.1, -0.05) is 0 Å². The van der Waals surface area contributed by atoms with Crippen molar-refractivity contribution in [2.45, 2.75) is 18.9 Å². The topological polar surface area (TPSA) is 60.8 Å². The van der Waals surface area contributed by atoms with Gasteiger partial charge in [-0.05, 0) is 52.9 Å². The molecule has 0 aromatic heterocycles. The third-order valence-corrected chi connectivity index (χ3v) is 4.97. The molecule has 0 bridgehead atoms. The molecule has 1 heterocycles. The molecule has 1 saturated heterocycles. The van der Waals surface area contributed by atoms with Crippen molar-refractivity contribution in [1.82, 2.24) is 4.90 Å². The summed E-state index contributed by atoms with van der Waals surface area (Å²) in [6, 6.07) is 4.86. The number of phenols is 1. The first kappa shape index (κ1) is 12.9. The summed E-state index contributed by atoms with van der Waals surface area (Å²) in [6.45, 7) is 1.35. The van der Waals surface area contributed by atoms with Gasteiger partial charge in [0.15, 0.2) is 0 Å². The van der Waals surface area contributed by atoms with E-state index < -0.39 is 0 Å². The lowest BCUT2D eigenvalue weighted by Crippen LogP contribution is -2.31. The predicted molar refractivity (Wildman–Crippen MR) is 73.9 cm³/mol. The molecule has 1 aliphatic carbocycles. The Kier molecular flexibility index (Phi) is 3.27. The Labute approximate surface area is 120 Å². The number of aliphatic hydroxyl groups excluding tert-OH is 1. The minimum atomic E-state index is -0.263. The van der Waals surface area contributed by atoms with E-state index in [9.17, 15) is 15.0 Å². The number of aromatic hydroxyl groups is 1. The normalized spacial score (nSPS) is 29.6. The summed E-state index contributed by atoms with van der Waals surface area (Å²) in [6.07, 6.45) is 1.60. The van der Waals surface area contributed by atoms with Gasteiger partial charge in [0.2, 0.25) is 0 Å². The Morgan fingerprint density at radius 2 is 2.11 bits per heavy atom. The quantitative estimate of drug-likeness (QED) is 0.830. The lowest BCUT2D eigenvalue weighted by Gasteiger charge is -2.18. The maximum atomic E-state index is 12.4. The molecule has 3 atom stereocenters. The molecule has 1 saturated carbocycles. The fourth-order valence-electron chi connectivity index (χ4n) is 3.23. The Bertz CT molecular complexity index is 519. The molecule has 1 amide bonds. The Morgan fingerprint density at radius 3 is 2.79 bits per heavy atom. The van der Waals surface area contributed by atoms with Crippen molar-refractivity contribution in [3.05, 3.63) is 28.2 Å². The molecule has 19 heavy (non-hydrogen) atoms. The Balaban J connectivity index is 1.76. The zero-order chi connectivity index (χ0) is 13.6. The minimum absolute atomic E-state index is 0.0654. The number of phenolic OH excluding ortho intramolecular Hbond substituents is 1. The number of benzene rings is 1. The molecule has 0 radical (unpaired) electrons. The number of likely N-dealkylation sites (tertiary alicyclic amines) is 1. The molecule has 3 rings (SSSR count). The van der Waals surface area contributed by atoms with E-state index in [4.69, 9.17) is 0 Å². The van der Waals surface area contributed by atoms with E-state index in [1.54, 1.807) is 17.0 Å². The summed E-state index contributed by atoms with van der Waals surface area (Å²) in [7, 11) is 0. The van der Waals surface area contributed by atoms with Gasteiger partial charge < -0.3 is 15.1 Å². The van der Waals surface area contributed by atoms with Crippen LogP contribution in [0.3, 0.4) is 0 Å². The molecule has 5 heteroatoms. The van der Waals surface area contributed by atoms with E-state index in [-0.39, 0.29) is 23.7 Å². The minimum Gasteiger partial charge on any atom is -0.507 e. The van der Waals surface area contributed by atoms with Gasteiger partial charge in [-0.3, -0.25) is 4.79 Å². The lowest BCUT2D eigenvalue weighted by molar-refractivity contribution is 0.0752. The van der Waals surface area contributed by atoms with Crippen molar-refractivity contribution >= 4 is 21.8 Å². The summed E-state index contributed by atoms with van der Waals surface area (Å²) in [5.41, 5.74) is 0.496. The fraction of sp³-hybridized carbons (Fsp3) is 0.500. The molecular weight excluding hydrogens is 310 g/mol. The second-order valence-corrected chi connectivity index (χ2v) is 6.30. The zero-order valence-electron chi connectivity index (χ0n) is 10.4. The van der Waals surface area contributed by atoms with Crippen LogP contribution in [0.25, 0.3) is 0 Å². The molecular formula is C14H16BrNO3. The smallest absolute Gasteiger partial charge is 0.254 e. The number of rotatable bonds is 1. The van der Waals surface area contributed by atoms with Crippen molar-refractivity contribution in [3.8, 4) is 5.75 Å². The third-order valence-electron chi connectivity index (χ3n) is 4.30. The van der Waals surface area contributed by atoms with Crippen molar-refractivity contribution in [1.29, 1.82) is 0 Å². The van der Waals surface area contributed by atoms with Crippen LogP contribution >= 0.6 is 15.9 Å². The van der Waals surface area contributed by atoms with Gasteiger partial charge in [-0.25, -0.2) is 0 Å². The summed E-state index contributed by atoms with van der Waals surface area (Å²) >= 11 is 3.20. The van der Waals surface area contributed by atoms with Crippen molar-refractivity contribution in [2.75, 3.05) is 13.1 Å². The largest absolute Gasteiger partial charge is 0.507 e. The van der Waals surface area contributed by atoms with Crippen LogP contribution < -0.4 is 0 Å². The maximum Gasteiger partial charge on any atom is 0.254 e. The highest BCUT2D eigenvalue weighted by molar-refractivity contribution is 9.10. The number of carbonyl (C=O) groups excluding carboxylic acids is 1. The van der Waals surface area contributed by atoms with Crippen LogP contribution in [0.2, 0.25) is 0 Å². The molecule has 2 fully saturated rings. The SMILES string of the molecule is O=C(c1ccc(Br)c(O)c1)N1CC2CCC(O)C2C1. The first-order chi connectivity index (χ1) is 9.06. The highest BCUT2D eigenvalue weighted by Gasteiger charge is 2.43. The first-order valence-electron chi connectivity index (χ1n) is 6.52. The maximum absolute atomic E-state index is 12.4. The first-order valence-corrected chi connectivity index (χ1v) is 7.31. The summed E-state index contributed by atoms with van der Waals surface area (Å²) in [5.74, 6) is 0.672. The number of halogens is 1. The number of hydrogen-bond donors (Lipinski definition) is 2. The highest BCUT2D eigenvalue weighted by Crippen LogP contribution is 2.38. The van der Waals surface area contributed by atoms with Gasteiger partial charge in [0, 0.05) is 24.6 Å². The monoisotopic (exact) mass is 325 g/mol. The van der Waals surface area contributed by atoms with Crippen molar-refractivity contribution in [3.63, 3.8) is 0 Å². The van der Waals surface area contributed by atoms with E-state index >= 15 is 0 Å². The van der Waals surface area contributed by atoms with Crippen LogP contribution in [-0.4, -0.2) is 40.2 Å². The van der Waals surface area contributed by atoms with Crippen LogP contribution in [0, 0.1) is 11.8 Å². The summed E-state index contributed by atoms with van der Waals surface area (Å²) in [5, 5.41) is 19.5. The Morgan fingerprint density at radius 1 is 1.32 bits per heavy atom. The molecule has 0 spiro atoms. The van der Waals surface area contributed by atoms with Gasteiger partial charge in [0.05, 0.1) is 10.6 Å². The average molecular weight is 326 g/mol. The van der Waals surface area contributed by atoms with E-state index in [0.717, 1.165) is 19.4 Å². The second-order valence-electron chi connectivity index (χ2n) is 5.44. The molecule has 3 unspecified atom stereocenters. The molecule has 102 valence electrons. The van der Waals surface area contributed by atoms with Crippen LogP contribution in [0.1, 0.15) is 23.2 Å². The number of aliphatic hydroxyl groups is 1. The molecule has 1 aliphatic heterocycles. The molecule has 1 aromatic rings. The Hall–Kier alpha value is -1.07. The summed E-state index contributed by atoms with van der Waals surface area (Å²) < 4.78 is 0.581. The lowest BCUT2D eigenvalue weighted by atomic mass is 10.00. The van der Waals surface area contributed by atoms with Gasteiger partial charge in [-0.2, -0.15) is 0 Å². The van der Waals surface area contributed by atoms with E-state index in [2.05, 4.69) is 15.9 Å². The van der Waals surface area contributed by atoms with Crippen LogP contribution in [-0.2, 0) is 0 Å². The zero-order valence-corrected chi connectivity index (χ0v) is 12.0. The van der Waals surface area contributed by atoms with Gasteiger partial charge in [0.25, 0.3) is 5.91 Å². The predicted octanol–water partition coefficient (Wildman–Crippen LogP) is 2.00. The molecule has 4 nitrogen and oxygen atoms in total. The average Bonchev–Trinajstić information content (AvgIpc) is 2.95. The van der Waals surface area contributed by atoms with Crippen molar-refractivity contribution < 1.29 is 15.0 Å². The van der Waals surface area contributed by atoms with Crippen LogP contribution in [0.5, 0.6) is 5.75 Å². The number of nitrogens with zero attached hydrogens (tertiary/aromatic N) is 1. The number of carbonyl (C=O) groups is 1. The van der Waals surface area contributed by atoms with Gasteiger partial charge >= 0.3 is 0 Å². The van der Waals surface area contributed by atoms with Crippen LogP contribution in [0.4, 0.5) is 0 Å². The van der Waals surface area contributed by atoms with E-state index in [1.807, 2.05) is 0 Å². The number of amides is 1. The number of fused-ring (bicyclic) bond motifs is 1. The standard InChI is InChI=1S/C14H16BrNO3/c15-11-3-1-8(5-13(11)18)14(19)16-6-9-2-4-12(17)10(9)7-16/h1,3,5,9-10,12,17-18H,2,4,6-7H2. The molecule has 1 aromatic carbocycles.